The van der Waals surface area contributed by atoms with Gasteiger partial charge in [-0.1, -0.05) is 97.2 Å². The van der Waals surface area contributed by atoms with E-state index < -0.39 is 35.9 Å². The minimum atomic E-state index is -1.11. The summed E-state index contributed by atoms with van der Waals surface area (Å²) in [5.74, 6) is -1.38. The number of benzene rings is 4. The van der Waals surface area contributed by atoms with Gasteiger partial charge in [-0.2, -0.15) is 0 Å². The van der Waals surface area contributed by atoms with Crippen LogP contribution in [-0.4, -0.2) is 70.3 Å². The number of nitrogens with zero attached hydrogens (tertiary/aromatic N) is 2. The van der Waals surface area contributed by atoms with Crippen molar-refractivity contribution in [2.45, 2.75) is 76.3 Å². The number of ether oxygens (including phenoxy) is 1. The number of hydrogen-bond donors (Lipinski definition) is 4. The summed E-state index contributed by atoms with van der Waals surface area (Å²) in [6.45, 7) is 1.55. The van der Waals surface area contributed by atoms with E-state index in [9.17, 15) is 29.4 Å². The topological polar surface area (TPSA) is 149 Å². The maximum atomic E-state index is 14.6. The second-order valence-electron chi connectivity index (χ2n) is 14.4. The molecule has 4 aromatic rings. The Bertz CT molecular complexity index is 1920. The molecule has 4 atom stereocenters. The van der Waals surface area contributed by atoms with Gasteiger partial charge in [0.15, 0.2) is 6.61 Å². The van der Waals surface area contributed by atoms with E-state index in [-0.39, 0.29) is 37.2 Å². The van der Waals surface area contributed by atoms with E-state index >= 15 is 0 Å². The molecule has 0 spiro atoms. The fraction of sp³-hybridized carbons (Fsp3) is 0.349. The fourth-order valence-electron chi connectivity index (χ4n) is 7.82. The molecule has 1 aliphatic heterocycles. The molecule has 4 N–H and O–H groups in total. The largest absolute Gasteiger partial charge is 0.484 e. The third-order valence-corrected chi connectivity index (χ3v) is 10.9. The Balaban J connectivity index is 1.27. The molecule has 1 aliphatic carbocycles. The normalized spacial score (nSPS) is 18.9. The second-order valence-corrected chi connectivity index (χ2v) is 14.8. The SMILES string of the molecule is CC(=O)NCCC1([C@H](O)NC(Cc2ccc(N3C(=O)[C@@H](Cc4ccccc4)N(C(=O)COc4ccccc4)[C@H]3c3ccc(Cl)cc3)cc2)C(=O)O)CCCC1. The molecule has 1 saturated heterocycles. The van der Waals surface area contributed by atoms with Gasteiger partial charge in [0.05, 0.1) is 0 Å². The average molecular weight is 767 g/mol. The lowest BCUT2D eigenvalue weighted by Crippen LogP contribution is -2.52. The molecule has 0 aromatic heterocycles. The standard InChI is InChI=1S/C43H47ClN4O7/c1-29(49)45-25-24-43(22-8-9-23-43)42(54)46-36(41(52)53)26-31-14-20-34(21-15-31)47-39(32-16-18-33(44)19-17-32)48(38(50)28-55-35-12-6-3-7-13-35)37(40(47)51)27-30-10-4-2-5-11-30/h2-7,10-21,36-37,39,42,46,54H,8-9,22-28H2,1H3,(H,45,49)(H,52,53)/t36?,37-,39+,42+/m1/s1. The van der Waals surface area contributed by atoms with Gasteiger partial charge in [0.25, 0.3) is 11.8 Å². The fourth-order valence-corrected chi connectivity index (χ4v) is 7.94. The van der Waals surface area contributed by atoms with Crippen molar-refractivity contribution in [2.24, 2.45) is 5.41 Å². The Morgan fingerprint density at radius 2 is 1.53 bits per heavy atom. The Morgan fingerprint density at radius 3 is 2.15 bits per heavy atom. The number of nitrogens with one attached hydrogen (secondary N) is 2. The van der Waals surface area contributed by atoms with Crippen LogP contribution < -0.4 is 20.3 Å². The molecule has 2 fully saturated rings. The molecule has 1 heterocycles. The lowest BCUT2D eigenvalue weighted by Gasteiger charge is -2.36. The van der Waals surface area contributed by atoms with E-state index in [1.54, 1.807) is 70.5 Å². The summed E-state index contributed by atoms with van der Waals surface area (Å²) in [5, 5.41) is 27.8. The van der Waals surface area contributed by atoms with Crippen molar-refractivity contribution < 1.29 is 34.1 Å². The molecular formula is C43H47ClN4O7. The van der Waals surface area contributed by atoms with Crippen LogP contribution in [-0.2, 0) is 32.0 Å². The van der Waals surface area contributed by atoms with E-state index in [4.69, 9.17) is 16.3 Å². The number of anilines is 1. The molecule has 11 nitrogen and oxygen atoms in total. The number of aliphatic hydroxyl groups excluding tert-OH is 1. The van der Waals surface area contributed by atoms with Gasteiger partial charge >= 0.3 is 5.97 Å². The highest BCUT2D eigenvalue weighted by molar-refractivity contribution is 6.30. The van der Waals surface area contributed by atoms with Crippen molar-refractivity contribution in [3.8, 4) is 5.75 Å². The smallest absolute Gasteiger partial charge is 0.321 e. The van der Waals surface area contributed by atoms with Crippen LogP contribution in [0.4, 0.5) is 5.69 Å². The molecule has 12 heteroatoms. The number of para-hydroxylation sites is 1. The second kappa shape index (κ2) is 17.9. The predicted molar refractivity (Wildman–Crippen MR) is 209 cm³/mol. The van der Waals surface area contributed by atoms with Gasteiger partial charge in [-0.15, -0.1) is 0 Å². The van der Waals surface area contributed by atoms with E-state index in [0.717, 1.165) is 31.2 Å². The number of carboxylic acid groups (broad SMARTS) is 1. The van der Waals surface area contributed by atoms with Gasteiger partial charge in [0, 0.05) is 36.0 Å². The summed E-state index contributed by atoms with van der Waals surface area (Å²) in [5.41, 5.74) is 2.22. The summed E-state index contributed by atoms with van der Waals surface area (Å²) in [6, 6.07) is 30.7. The van der Waals surface area contributed by atoms with Gasteiger partial charge in [-0.25, -0.2) is 0 Å². The van der Waals surface area contributed by atoms with Crippen molar-refractivity contribution in [2.75, 3.05) is 18.1 Å². The molecular weight excluding hydrogens is 720 g/mol. The Kier molecular flexibility index (Phi) is 12.9. The number of carbonyl (C=O) groups is 4. The van der Waals surface area contributed by atoms with Crippen LogP contribution in [0, 0.1) is 5.41 Å². The first kappa shape index (κ1) is 39.5. The van der Waals surface area contributed by atoms with Crippen molar-refractivity contribution in [1.29, 1.82) is 0 Å². The van der Waals surface area contributed by atoms with Crippen molar-refractivity contribution in [1.82, 2.24) is 15.5 Å². The molecule has 2 aliphatic rings. The molecule has 6 rings (SSSR count). The summed E-state index contributed by atoms with van der Waals surface area (Å²) in [7, 11) is 0. The van der Waals surface area contributed by atoms with Gasteiger partial charge < -0.3 is 25.2 Å². The molecule has 0 radical (unpaired) electrons. The van der Waals surface area contributed by atoms with E-state index in [2.05, 4.69) is 10.6 Å². The molecule has 1 unspecified atom stereocenters. The quantitative estimate of drug-likeness (QED) is 0.103. The number of rotatable bonds is 16. The van der Waals surface area contributed by atoms with E-state index in [1.807, 2.05) is 48.5 Å². The highest BCUT2D eigenvalue weighted by Gasteiger charge is 2.50. The zero-order chi connectivity index (χ0) is 39.0. The third kappa shape index (κ3) is 9.54. The van der Waals surface area contributed by atoms with E-state index in [0.29, 0.717) is 40.6 Å². The van der Waals surface area contributed by atoms with Crippen molar-refractivity contribution in [3.05, 3.63) is 131 Å². The number of carboxylic acids is 1. The summed E-state index contributed by atoms with van der Waals surface area (Å²) in [4.78, 5) is 56.0. The highest BCUT2D eigenvalue weighted by Crippen LogP contribution is 2.44. The first-order valence-corrected chi connectivity index (χ1v) is 19.0. The molecule has 4 aromatic carbocycles. The highest BCUT2D eigenvalue weighted by atomic mass is 35.5. The molecule has 55 heavy (non-hydrogen) atoms. The first-order valence-electron chi connectivity index (χ1n) is 18.7. The summed E-state index contributed by atoms with van der Waals surface area (Å²) in [6.07, 6.45) is 2.25. The zero-order valence-corrected chi connectivity index (χ0v) is 31.5. The number of aliphatic carboxylic acids is 1. The predicted octanol–water partition coefficient (Wildman–Crippen LogP) is 5.89. The monoisotopic (exact) mass is 766 g/mol. The Labute approximate surface area is 326 Å². The number of amides is 3. The van der Waals surface area contributed by atoms with E-state index in [1.165, 1.54) is 6.92 Å². The van der Waals surface area contributed by atoms with Gasteiger partial charge in [0.1, 0.15) is 30.2 Å². The molecule has 0 bridgehead atoms. The minimum absolute atomic E-state index is 0.0705. The molecule has 1 saturated carbocycles. The average Bonchev–Trinajstić information content (AvgIpc) is 3.78. The van der Waals surface area contributed by atoms with Crippen LogP contribution >= 0.6 is 11.6 Å². The Morgan fingerprint density at radius 1 is 0.891 bits per heavy atom. The van der Waals surface area contributed by atoms with Gasteiger partial charge in [-0.05, 0) is 78.8 Å². The summed E-state index contributed by atoms with van der Waals surface area (Å²) < 4.78 is 5.89. The van der Waals surface area contributed by atoms with Crippen molar-refractivity contribution >= 4 is 41.0 Å². The van der Waals surface area contributed by atoms with Crippen LogP contribution in [0.15, 0.2) is 109 Å². The maximum Gasteiger partial charge on any atom is 0.321 e. The minimum Gasteiger partial charge on any atom is -0.484 e. The lowest BCUT2D eigenvalue weighted by atomic mass is 9.80. The van der Waals surface area contributed by atoms with Crippen LogP contribution in [0.3, 0.4) is 0 Å². The number of halogens is 1. The molecule has 288 valence electrons. The van der Waals surface area contributed by atoms with Crippen LogP contribution in [0.25, 0.3) is 0 Å². The third-order valence-electron chi connectivity index (χ3n) is 10.7. The lowest BCUT2D eigenvalue weighted by molar-refractivity contribution is -0.141. The van der Waals surface area contributed by atoms with Crippen LogP contribution in [0.1, 0.15) is 61.9 Å². The summed E-state index contributed by atoms with van der Waals surface area (Å²) >= 11 is 6.28. The molecule has 3 amide bonds. The van der Waals surface area contributed by atoms with Gasteiger partial charge in [-0.3, -0.25) is 29.4 Å². The number of carbonyl (C=O) groups excluding carboxylic acids is 3. The van der Waals surface area contributed by atoms with Crippen molar-refractivity contribution in [3.63, 3.8) is 0 Å². The van der Waals surface area contributed by atoms with Crippen LogP contribution in [0.2, 0.25) is 5.02 Å². The first-order chi connectivity index (χ1) is 26.5. The Hall–Kier alpha value is -5.23. The number of hydrogen-bond acceptors (Lipinski definition) is 7. The number of aliphatic hydroxyl groups is 1. The maximum absolute atomic E-state index is 14.6. The zero-order valence-electron chi connectivity index (χ0n) is 30.8. The van der Waals surface area contributed by atoms with Crippen LogP contribution in [0.5, 0.6) is 5.75 Å². The van der Waals surface area contributed by atoms with Gasteiger partial charge in [0.2, 0.25) is 5.91 Å².